The van der Waals surface area contributed by atoms with Crippen molar-refractivity contribution >= 4 is 56.2 Å². The van der Waals surface area contributed by atoms with Crippen LogP contribution in [0.2, 0.25) is 5.15 Å². The number of fused-ring (bicyclic) bond motifs is 2. The first-order chi connectivity index (χ1) is 20.5. The summed E-state index contributed by atoms with van der Waals surface area (Å²) in [5.74, 6) is 2.01. The SMILES string of the molecule is COc1cc2nccc(Oc3ccc(NC(=O)c4cnc(Cl)cc4Nc4cccc5ccccc45)cc3)c2cc1OC. The largest absolute Gasteiger partial charge is 0.493 e. The molecule has 0 aliphatic heterocycles. The van der Waals surface area contributed by atoms with Gasteiger partial charge in [0.05, 0.1) is 31.0 Å². The van der Waals surface area contributed by atoms with Crippen LogP contribution in [0.15, 0.2) is 103 Å². The van der Waals surface area contributed by atoms with E-state index in [2.05, 4.69) is 20.6 Å². The number of rotatable bonds is 8. The van der Waals surface area contributed by atoms with E-state index in [4.69, 9.17) is 25.8 Å². The van der Waals surface area contributed by atoms with Crippen LogP contribution in [0.1, 0.15) is 10.4 Å². The lowest BCUT2D eigenvalue weighted by atomic mass is 10.1. The van der Waals surface area contributed by atoms with Crippen LogP contribution in [0.25, 0.3) is 21.7 Å². The number of hydrogen-bond donors (Lipinski definition) is 2. The molecule has 0 bridgehead atoms. The van der Waals surface area contributed by atoms with Crippen molar-refractivity contribution in [3.63, 3.8) is 0 Å². The molecule has 0 aliphatic carbocycles. The highest BCUT2D eigenvalue weighted by Crippen LogP contribution is 2.37. The first-order valence-corrected chi connectivity index (χ1v) is 13.4. The van der Waals surface area contributed by atoms with E-state index in [1.165, 1.54) is 6.20 Å². The number of amides is 1. The second kappa shape index (κ2) is 11.6. The minimum Gasteiger partial charge on any atom is -0.493 e. The fraction of sp³-hybridized carbons (Fsp3) is 0.0606. The van der Waals surface area contributed by atoms with E-state index in [9.17, 15) is 4.79 Å². The van der Waals surface area contributed by atoms with Gasteiger partial charge in [-0.3, -0.25) is 9.78 Å². The van der Waals surface area contributed by atoms with Gasteiger partial charge in [0.2, 0.25) is 0 Å². The molecule has 0 saturated heterocycles. The molecule has 9 heteroatoms. The number of carbonyl (C=O) groups excluding carboxylic acids is 1. The average molecular weight is 577 g/mol. The minimum atomic E-state index is -0.336. The summed E-state index contributed by atoms with van der Waals surface area (Å²) >= 11 is 6.20. The van der Waals surface area contributed by atoms with Crippen LogP contribution in [0.4, 0.5) is 17.1 Å². The molecular weight excluding hydrogens is 552 g/mol. The second-order valence-corrected chi connectivity index (χ2v) is 9.71. The van der Waals surface area contributed by atoms with Crippen molar-refractivity contribution in [3.05, 3.63) is 114 Å². The number of aromatic nitrogens is 2. The maximum atomic E-state index is 13.3. The zero-order chi connectivity index (χ0) is 29.1. The molecule has 0 atom stereocenters. The molecule has 0 aliphatic rings. The standard InChI is InChI=1S/C33H25ClN4O4/c1-40-30-16-24-27(17-31(30)41-2)35-15-14-29(24)42-22-12-10-21(11-13-22)37-33(39)25-19-36-32(34)18-28(25)38-26-9-5-7-20-6-3-4-8-23(20)26/h3-19H,1-2H3,(H,36,38)(H,37,39). The first-order valence-electron chi connectivity index (χ1n) is 13.0. The smallest absolute Gasteiger partial charge is 0.259 e. The second-order valence-electron chi connectivity index (χ2n) is 9.32. The fourth-order valence-corrected chi connectivity index (χ4v) is 4.82. The lowest BCUT2D eigenvalue weighted by Crippen LogP contribution is -2.14. The lowest BCUT2D eigenvalue weighted by Gasteiger charge is -2.15. The third kappa shape index (κ3) is 5.48. The van der Waals surface area contributed by atoms with Crippen molar-refractivity contribution in [1.82, 2.24) is 9.97 Å². The number of nitrogens with one attached hydrogen (secondary N) is 2. The summed E-state index contributed by atoms with van der Waals surface area (Å²) in [4.78, 5) is 21.9. The van der Waals surface area contributed by atoms with Crippen molar-refractivity contribution in [2.75, 3.05) is 24.9 Å². The number of pyridine rings is 2. The topological polar surface area (TPSA) is 94.6 Å². The molecule has 0 radical (unpaired) electrons. The quantitative estimate of drug-likeness (QED) is 0.176. The molecular formula is C33H25ClN4O4. The van der Waals surface area contributed by atoms with Gasteiger partial charge in [0.1, 0.15) is 16.7 Å². The molecule has 6 rings (SSSR count). The Morgan fingerprint density at radius 2 is 1.52 bits per heavy atom. The number of methoxy groups -OCH3 is 2. The predicted molar refractivity (Wildman–Crippen MR) is 166 cm³/mol. The van der Waals surface area contributed by atoms with Crippen LogP contribution in [-0.2, 0) is 0 Å². The Balaban J connectivity index is 1.21. The maximum absolute atomic E-state index is 13.3. The summed E-state index contributed by atoms with van der Waals surface area (Å²) in [7, 11) is 3.16. The fourth-order valence-electron chi connectivity index (χ4n) is 4.66. The number of carbonyl (C=O) groups is 1. The number of anilines is 3. The Labute approximate surface area is 246 Å². The van der Waals surface area contributed by atoms with E-state index < -0.39 is 0 Å². The predicted octanol–water partition coefficient (Wildman–Crippen LogP) is 8.24. The highest BCUT2D eigenvalue weighted by Gasteiger charge is 2.16. The van der Waals surface area contributed by atoms with E-state index in [0.717, 1.165) is 21.8 Å². The molecule has 42 heavy (non-hydrogen) atoms. The van der Waals surface area contributed by atoms with Crippen molar-refractivity contribution in [2.45, 2.75) is 0 Å². The Hall–Kier alpha value is -5.34. The Kier molecular flexibility index (Phi) is 7.45. The zero-order valence-electron chi connectivity index (χ0n) is 22.7. The molecule has 4 aromatic carbocycles. The highest BCUT2D eigenvalue weighted by atomic mass is 35.5. The van der Waals surface area contributed by atoms with Gasteiger partial charge in [-0.1, -0.05) is 48.0 Å². The molecule has 208 valence electrons. The molecule has 6 aromatic rings. The highest BCUT2D eigenvalue weighted by molar-refractivity contribution is 6.30. The lowest BCUT2D eigenvalue weighted by molar-refractivity contribution is 0.102. The van der Waals surface area contributed by atoms with E-state index in [0.29, 0.717) is 45.5 Å². The molecule has 8 nitrogen and oxygen atoms in total. The molecule has 1 amide bonds. The van der Waals surface area contributed by atoms with E-state index in [1.807, 2.05) is 48.5 Å². The minimum absolute atomic E-state index is 0.274. The molecule has 2 aromatic heterocycles. The Morgan fingerprint density at radius 3 is 2.33 bits per heavy atom. The van der Waals surface area contributed by atoms with Gasteiger partial charge in [0.15, 0.2) is 11.5 Å². The summed E-state index contributed by atoms with van der Waals surface area (Å²) in [5, 5.41) is 9.44. The van der Waals surface area contributed by atoms with Gasteiger partial charge in [-0.2, -0.15) is 0 Å². The van der Waals surface area contributed by atoms with Crippen LogP contribution in [0.5, 0.6) is 23.0 Å². The Bertz CT molecular complexity index is 1920. The van der Waals surface area contributed by atoms with Crippen LogP contribution in [-0.4, -0.2) is 30.1 Å². The zero-order valence-corrected chi connectivity index (χ0v) is 23.5. The van der Waals surface area contributed by atoms with Gasteiger partial charge in [0, 0.05) is 40.6 Å². The molecule has 0 spiro atoms. The van der Waals surface area contributed by atoms with Gasteiger partial charge in [0.25, 0.3) is 5.91 Å². The van der Waals surface area contributed by atoms with E-state index in [-0.39, 0.29) is 11.1 Å². The van der Waals surface area contributed by atoms with Gasteiger partial charge in [-0.15, -0.1) is 0 Å². The molecule has 0 unspecified atom stereocenters. The average Bonchev–Trinajstić information content (AvgIpc) is 3.01. The number of nitrogens with zero attached hydrogens (tertiary/aromatic N) is 2. The van der Waals surface area contributed by atoms with Gasteiger partial charge < -0.3 is 24.8 Å². The summed E-state index contributed by atoms with van der Waals surface area (Å²) in [6.07, 6.45) is 3.13. The normalized spacial score (nSPS) is 10.8. The Morgan fingerprint density at radius 1 is 0.762 bits per heavy atom. The molecule has 0 saturated carbocycles. The van der Waals surface area contributed by atoms with Crippen molar-refractivity contribution in [2.24, 2.45) is 0 Å². The van der Waals surface area contributed by atoms with Gasteiger partial charge >= 0.3 is 0 Å². The summed E-state index contributed by atoms with van der Waals surface area (Å²) < 4.78 is 17.0. The molecule has 2 heterocycles. The van der Waals surface area contributed by atoms with Crippen LogP contribution >= 0.6 is 11.6 Å². The number of benzene rings is 4. The maximum Gasteiger partial charge on any atom is 0.259 e. The van der Waals surface area contributed by atoms with Crippen molar-refractivity contribution < 1.29 is 19.0 Å². The van der Waals surface area contributed by atoms with Crippen LogP contribution < -0.4 is 24.8 Å². The van der Waals surface area contributed by atoms with Crippen molar-refractivity contribution in [3.8, 4) is 23.0 Å². The third-order valence-electron chi connectivity index (χ3n) is 6.72. The number of ether oxygens (including phenoxy) is 3. The number of halogens is 1. The summed E-state index contributed by atoms with van der Waals surface area (Å²) in [5.41, 5.74) is 3.04. The van der Waals surface area contributed by atoms with Crippen LogP contribution in [0.3, 0.4) is 0 Å². The van der Waals surface area contributed by atoms with E-state index >= 15 is 0 Å². The van der Waals surface area contributed by atoms with E-state index in [1.54, 1.807) is 62.9 Å². The van der Waals surface area contributed by atoms with Crippen molar-refractivity contribution in [1.29, 1.82) is 0 Å². The van der Waals surface area contributed by atoms with Crippen LogP contribution in [0, 0.1) is 0 Å². The van der Waals surface area contributed by atoms with Gasteiger partial charge in [-0.25, -0.2) is 4.98 Å². The third-order valence-corrected chi connectivity index (χ3v) is 6.93. The van der Waals surface area contributed by atoms with Gasteiger partial charge in [-0.05, 0) is 53.9 Å². The first kappa shape index (κ1) is 26.9. The number of hydrogen-bond acceptors (Lipinski definition) is 7. The summed E-state index contributed by atoms with van der Waals surface area (Å²) in [6, 6.07) is 28.1. The molecule has 2 N–H and O–H groups in total. The molecule has 0 fully saturated rings. The monoisotopic (exact) mass is 576 g/mol. The summed E-state index contributed by atoms with van der Waals surface area (Å²) in [6.45, 7) is 0.